The maximum absolute atomic E-state index is 13.2. The van der Waals surface area contributed by atoms with Crippen LogP contribution in [-0.2, 0) is 0 Å². The lowest BCUT2D eigenvalue weighted by atomic mass is 10.2. The van der Waals surface area contributed by atoms with E-state index in [1.807, 2.05) is 0 Å². The summed E-state index contributed by atoms with van der Waals surface area (Å²) in [5.74, 6) is -0.842. The molecule has 0 fully saturated rings. The number of hydrogen-bond donors (Lipinski definition) is 0. The van der Waals surface area contributed by atoms with Crippen molar-refractivity contribution in [3.8, 4) is 0 Å². The fourth-order valence-corrected chi connectivity index (χ4v) is 2.03. The van der Waals surface area contributed by atoms with Gasteiger partial charge in [0.05, 0.1) is 9.40 Å². The van der Waals surface area contributed by atoms with E-state index in [0.29, 0.717) is 4.47 Å². The zero-order chi connectivity index (χ0) is 10.2. The van der Waals surface area contributed by atoms with Gasteiger partial charge in [0.25, 0.3) is 0 Å². The van der Waals surface area contributed by atoms with Gasteiger partial charge in [-0.15, -0.1) is 0 Å². The standard InChI is InChI=1S/C7H4Br2FNO2/c1-3-4(8)2-5(9)6(10)7(3)11(12)13/h2H,1H3. The Labute approximate surface area is 90.3 Å². The molecule has 0 N–H and O–H groups in total. The molecule has 0 spiro atoms. The second kappa shape index (κ2) is 3.71. The summed E-state index contributed by atoms with van der Waals surface area (Å²) in [6, 6.07) is 1.44. The molecule has 0 saturated heterocycles. The minimum absolute atomic E-state index is 0.0803. The zero-order valence-corrected chi connectivity index (χ0v) is 9.65. The Balaban J connectivity index is 3.56. The molecule has 0 radical (unpaired) electrons. The molecule has 13 heavy (non-hydrogen) atoms. The van der Waals surface area contributed by atoms with Crippen molar-refractivity contribution < 1.29 is 9.31 Å². The Hall–Kier alpha value is -0.490. The second-order valence-electron chi connectivity index (χ2n) is 2.38. The third-order valence-corrected chi connectivity index (χ3v) is 2.97. The Kier molecular flexibility index (Phi) is 3.02. The monoisotopic (exact) mass is 311 g/mol. The molecule has 0 aliphatic rings. The van der Waals surface area contributed by atoms with Gasteiger partial charge < -0.3 is 0 Å². The van der Waals surface area contributed by atoms with Crippen LogP contribution in [-0.4, -0.2) is 4.92 Å². The third kappa shape index (κ3) is 1.88. The van der Waals surface area contributed by atoms with Crippen molar-refractivity contribution in [3.05, 3.63) is 36.5 Å². The molecule has 0 aliphatic heterocycles. The average molecular weight is 313 g/mol. The minimum atomic E-state index is -0.842. The maximum atomic E-state index is 13.2. The molecule has 0 aromatic heterocycles. The van der Waals surface area contributed by atoms with Crippen molar-refractivity contribution in [2.45, 2.75) is 6.92 Å². The average Bonchev–Trinajstić information content (AvgIpc) is 2.01. The van der Waals surface area contributed by atoms with Crippen LogP contribution in [0.25, 0.3) is 0 Å². The van der Waals surface area contributed by atoms with Gasteiger partial charge in [-0.25, -0.2) is 0 Å². The summed E-state index contributed by atoms with van der Waals surface area (Å²) in [4.78, 5) is 9.74. The molecule has 0 unspecified atom stereocenters. The van der Waals surface area contributed by atoms with Crippen molar-refractivity contribution in [1.82, 2.24) is 0 Å². The largest absolute Gasteiger partial charge is 0.309 e. The lowest BCUT2D eigenvalue weighted by Crippen LogP contribution is -1.97. The first-order chi connectivity index (χ1) is 5.95. The first kappa shape index (κ1) is 10.6. The van der Waals surface area contributed by atoms with E-state index in [2.05, 4.69) is 31.9 Å². The van der Waals surface area contributed by atoms with Gasteiger partial charge in [0, 0.05) is 10.0 Å². The molecule has 1 aromatic carbocycles. The van der Waals surface area contributed by atoms with E-state index in [-0.39, 0.29) is 10.0 Å². The van der Waals surface area contributed by atoms with Gasteiger partial charge in [-0.1, -0.05) is 15.9 Å². The number of nitro groups is 1. The second-order valence-corrected chi connectivity index (χ2v) is 4.09. The number of rotatable bonds is 1. The zero-order valence-electron chi connectivity index (χ0n) is 6.47. The number of hydrogen-bond acceptors (Lipinski definition) is 2. The predicted octanol–water partition coefficient (Wildman–Crippen LogP) is 3.57. The van der Waals surface area contributed by atoms with Crippen molar-refractivity contribution in [2.24, 2.45) is 0 Å². The molecule has 70 valence electrons. The van der Waals surface area contributed by atoms with E-state index in [0.717, 1.165) is 0 Å². The summed E-state index contributed by atoms with van der Waals surface area (Å²) in [6.45, 7) is 1.48. The summed E-state index contributed by atoms with van der Waals surface area (Å²) in [5.41, 5.74) is -0.216. The number of nitro benzene ring substituents is 1. The Morgan fingerprint density at radius 2 is 2.00 bits per heavy atom. The van der Waals surface area contributed by atoms with Gasteiger partial charge in [-0.2, -0.15) is 4.39 Å². The van der Waals surface area contributed by atoms with Crippen LogP contribution in [0, 0.1) is 22.9 Å². The third-order valence-electron chi connectivity index (χ3n) is 1.57. The van der Waals surface area contributed by atoms with E-state index in [9.17, 15) is 14.5 Å². The minimum Gasteiger partial charge on any atom is -0.258 e. The molecule has 0 atom stereocenters. The van der Waals surface area contributed by atoms with E-state index in [1.165, 1.54) is 13.0 Å². The molecule has 6 heteroatoms. The highest BCUT2D eigenvalue weighted by Gasteiger charge is 2.22. The predicted molar refractivity (Wildman–Crippen MR) is 53.2 cm³/mol. The van der Waals surface area contributed by atoms with Crippen LogP contribution in [0.4, 0.5) is 10.1 Å². The van der Waals surface area contributed by atoms with Crippen LogP contribution in [0.2, 0.25) is 0 Å². The first-order valence-electron chi connectivity index (χ1n) is 3.23. The molecule has 1 aromatic rings. The summed E-state index contributed by atoms with van der Waals surface area (Å²) < 4.78 is 13.8. The highest BCUT2D eigenvalue weighted by Crippen LogP contribution is 2.33. The van der Waals surface area contributed by atoms with Crippen LogP contribution in [0.3, 0.4) is 0 Å². The molecule has 1 rings (SSSR count). The van der Waals surface area contributed by atoms with Crippen molar-refractivity contribution >= 4 is 37.5 Å². The lowest BCUT2D eigenvalue weighted by Gasteiger charge is -2.02. The molecule has 0 aliphatic carbocycles. The smallest absolute Gasteiger partial charge is 0.258 e. The number of benzene rings is 1. The quantitative estimate of drug-likeness (QED) is 0.452. The molecule has 0 heterocycles. The molecule has 3 nitrogen and oxygen atoms in total. The van der Waals surface area contributed by atoms with Crippen molar-refractivity contribution in [1.29, 1.82) is 0 Å². The normalized spacial score (nSPS) is 10.2. The van der Waals surface area contributed by atoms with Gasteiger partial charge in [0.15, 0.2) is 0 Å². The summed E-state index contributed by atoms with van der Waals surface area (Å²) in [7, 11) is 0. The molecule has 0 saturated carbocycles. The highest BCUT2D eigenvalue weighted by molar-refractivity contribution is 9.11. The SMILES string of the molecule is Cc1c(Br)cc(Br)c(F)c1[N+](=O)[O-]. The maximum Gasteiger partial charge on any atom is 0.309 e. The van der Waals surface area contributed by atoms with E-state index in [4.69, 9.17) is 0 Å². The van der Waals surface area contributed by atoms with Crippen LogP contribution in [0.15, 0.2) is 15.0 Å². The van der Waals surface area contributed by atoms with E-state index < -0.39 is 16.4 Å². The fraction of sp³-hybridized carbons (Fsp3) is 0.143. The Morgan fingerprint density at radius 1 is 1.46 bits per heavy atom. The van der Waals surface area contributed by atoms with E-state index in [1.54, 1.807) is 0 Å². The lowest BCUT2D eigenvalue weighted by molar-refractivity contribution is -0.388. The molecular formula is C7H4Br2FNO2. The molecular weight excluding hydrogens is 309 g/mol. The molecule has 0 amide bonds. The topological polar surface area (TPSA) is 43.1 Å². The summed E-state index contributed by atoms with van der Waals surface area (Å²) >= 11 is 5.99. The number of nitrogens with zero attached hydrogens (tertiary/aromatic N) is 1. The first-order valence-corrected chi connectivity index (χ1v) is 4.82. The van der Waals surface area contributed by atoms with Crippen LogP contribution in [0.5, 0.6) is 0 Å². The number of halogens is 3. The Bertz CT molecular complexity index is 355. The van der Waals surface area contributed by atoms with Gasteiger partial charge in [0.2, 0.25) is 5.82 Å². The van der Waals surface area contributed by atoms with Gasteiger partial charge in [-0.05, 0) is 28.9 Å². The van der Waals surface area contributed by atoms with Gasteiger partial charge in [-0.3, -0.25) is 10.1 Å². The fourth-order valence-electron chi connectivity index (χ4n) is 0.891. The van der Waals surface area contributed by atoms with Gasteiger partial charge >= 0.3 is 5.69 Å². The van der Waals surface area contributed by atoms with Crippen molar-refractivity contribution in [2.75, 3.05) is 0 Å². The van der Waals surface area contributed by atoms with E-state index >= 15 is 0 Å². The van der Waals surface area contributed by atoms with Crippen LogP contribution >= 0.6 is 31.9 Å². The van der Waals surface area contributed by atoms with Crippen LogP contribution in [0.1, 0.15) is 5.56 Å². The van der Waals surface area contributed by atoms with Gasteiger partial charge in [0.1, 0.15) is 0 Å². The van der Waals surface area contributed by atoms with Crippen LogP contribution < -0.4 is 0 Å². The highest BCUT2D eigenvalue weighted by atomic mass is 79.9. The Morgan fingerprint density at radius 3 is 2.46 bits per heavy atom. The van der Waals surface area contributed by atoms with Crippen molar-refractivity contribution in [3.63, 3.8) is 0 Å². The summed E-state index contributed by atoms with van der Waals surface area (Å²) in [5, 5.41) is 10.5. The molecule has 0 bridgehead atoms. The summed E-state index contributed by atoms with van der Waals surface area (Å²) in [6.07, 6.45) is 0.